The maximum atomic E-state index is 7.91. The lowest BCUT2D eigenvalue weighted by molar-refractivity contribution is -0.661. The van der Waals surface area contributed by atoms with Gasteiger partial charge in [0.2, 0.25) is 34.2 Å². The molecule has 0 amide bonds. The largest absolute Gasteiger partial charge is 0.212 e. The molecule has 6 heteroatoms. The summed E-state index contributed by atoms with van der Waals surface area (Å²) in [5.41, 5.74) is 28.6. The summed E-state index contributed by atoms with van der Waals surface area (Å²) in [6, 6.07) is 70.0. The SMILES string of the molecule is CCc1c[n+](C)c(-c2ccccc2C)cc1C.CCc1cc[n+](C)c(-c2ccccc2C)c1.CCc1ccc(-c2cccc[n+]2C)c(C)c1.[2H]C([2H])(C)c1cc[n+](C)c(-c2ccccc2C)c1.[2H]C([2H])(C)c1ccc(-c2cccc[n+]2C)c(C)c1.[2H]C([2H])([2H])c1cc(-c2ccccc2C)[n+](C)cc1C([2H])([2H])C. The van der Waals surface area contributed by atoms with Crippen molar-refractivity contribution in [2.24, 2.45) is 42.3 Å². The van der Waals surface area contributed by atoms with Gasteiger partial charge in [-0.15, -0.1) is 0 Å². The quantitative estimate of drug-likeness (QED) is 0.109. The van der Waals surface area contributed by atoms with Crippen LogP contribution in [0.15, 0.2) is 243 Å². The minimum Gasteiger partial charge on any atom is -0.201 e. The lowest BCUT2D eigenvalue weighted by atomic mass is 10.0. The van der Waals surface area contributed by atoms with Gasteiger partial charge in [-0.05, 0) is 209 Å². The molecule has 6 nitrogen and oxygen atoms in total. The van der Waals surface area contributed by atoms with Gasteiger partial charge in [0.05, 0.1) is 0 Å². The van der Waals surface area contributed by atoms with E-state index in [4.69, 9.17) is 12.3 Å². The van der Waals surface area contributed by atoms with E-state index >= 15 is 0 Å². The van der Waals surface area contributed by atoms with Crippen LogP contribution in [0.5, 0.6) is 0 Å². The van der Waals surface area contributed by atoms with Crippen LogP contribution in [0, 0.1) is 55.3 Å². The average molecular weight is 1310 g/mol. The molecule has 0 aliphatic carbocycles. The van der Waals surface area contributed by atoms with E-state index in [9.17, 15) is 0 Å². The smallest absolute Gasteiger partial charge is 0.201 e. The lowest BCUT2D eigenvalue weighted by Crippen LogP contribution is -2.32. The second kappa shape index (κ2) is 37.1. The first-order chi connectivity index (χ1) is 50.4. The molecule has 0 bridgehead atoms. The normalized spacial score (nSPS) is 12.4. The molecule has 0 atom stereocenters. The van der Waals surface area contributed by atoms with E-state index in [0.717, 1.165) is 69.7 Å². The van der Waals surface area contributed by atoms with Crippen molar-refractivity contribution in [2.75, 3.05) is 0 Å². The second-order valence-electron chi connectivity index (χ2n) is 25.2. The Labute approximate surface area is 603 Å². The molecule has 12 rings (SSSR count). The third-order valence-electron chi connectivity index (χ3n) is 18.1. The maximum Gasteiger partial charge on any atom is 0.212 e. The number of rotatable bonds is 12. The van der Waals surface area contributed by atoms with Gasteiger partial charge in [-0.3, -0.25) is 0 Å². The molecule has 0 fully saturated rings. The Kier molecular flexibility index (Phi) is 23.8. The Balaban J connectivity index is 0.000000180. The summed E-state index contributed by atoms with van der Waals surface area (Å²) in [6.45, 7) is 23.6. The third kappa shape index (κ3) is 20.2. The number of nitrogens with zero attached hydrogens (tertiary/aromatic N) is 6. The van der Waals surface area contributed by atoms with Gasteiger partial charge in [0.1, 0.15) is 42.3 Å². The number of hydrogen-bond acceptors (Lipinski definition) is 0. The number of hydrogen-bond donors (Lipinski definition) is 0. The summed E-state index contributed by atoms with van der Waals surface area (Å²) >= 11 is 0. The Morgan fingerprint density at radius 2 is 0.582 bits per heavy atom. The number of pyridine rings is 6. The van der Waals surface area contributed by atoms with Crippen LogP contribution in [-0.4, -0.2) is 0 Å². The van der Waals surface area contributed by atoms with Crippen LogP contribution in [-0.2, 0) is 80.7 Å². The van der Waals surface area contributed by atoms with Crippen molar-refractivity contribution in [3.8, 4) is 67.5 Å². The van der Waals surface area contributed by atoms with Gasteiger partial charge in [-0.2, -0.15) is 0 Å². The molecule has 6 aromatic carbocycles. The zero-order valence-corrected chi connectivity index (χ0v) is 61.9. The minimum absolute atomic E-state index is 0.0661. The summed E-state index contributed by atoms with van der Waals surface area (Å²) in [4.78, 5) is 0. The Hall–Kier alpha value is -9.78. The zero-order valence-electron chi connectivity index (χ0n) is 70.9. The number of aryl methyl sites for hydroxylation is 20. The van der Waals surface area contributed by atoms with Gasteiger partial charge in [0, 0.05) is 118 Å². The lowest BCUT2D eigenvalue weighted by Gasteiger charge is -2.07. The maximum absolute atomic E-state index is 7.91. The number of benzene rings is 6. The van der Waals surface area contributed by atoms with E-state index in [2.05, 4.69) is 235 Å². The Bertz CT molecular complexity index is 5000. The van der Waals surface area contributed by atoms with Gasteiger partial charge in [0.25, 0.3) is 0 Å². The molecular formula is C92H112N6+6. The van der Waals surface area contributed by atoms with Gasteiger partial charge in [-0.1, -0.05) is 139 Å². The summed E-state index contributed by atoms with van der Waals surface area (Å²) in [5.74, 6) is 0. The fourth-order valence-electron chi connectivity index (χ4n) is 12.0. The highest BCUT2D eigenvalue weighted by Crippen LogP contribution is 2.27. The molecule has 12 aromatic rings. The highest BCUT2D eigenvalue weighted by molar-refractivity contribution is 5.66. The van der Waals surface area contributed by atoms with Crippen molar-refractivity contribution in [3.63, 3.8) is 0 Å². The fourth-order valence-corrected chi connectivity index (χ4v) is 12.0. The van der Waals surface area contributed by atoms with Crippen LogP contribution < -0.4 is 27.4 Å². The highest BCUT2D eigenvalue weighted by Gasteiger charge is 2.19. The van der Waals surface area contributed by atoms with Crippen LogP contribution in [0.2, 0.25) is 0 Å². The van der Waals surface area contributed by atoms with Crippen molar-refractivity contribution in [1.82, 2.24) is 0 Å². The van der Waals surface area contributed by atoms with Crippen LogP contribution >= 0.6 is 0 Å². The molecule has 0 N–H and O–H groups in total. The Morgan fingerprint density at radius 3 is 0.959 bits per heavy atom. The van der Waals surface area contributed by atoms with Crippen molar-refractivity contribution in [2.45, 2.75) is 135 Å². The van der Waals surface area contributed by atoms with Gasteiger partial charge in [-0.25, -0.2) is 27.4 Å². The van der Waals surface area contributed by atoms with E-state index in [1.165, 1.54) is 85.2 Å². The Morgan fingerprint density at radius 1 is 0.255 bits per heavy atom. The van der Waals surface area contributed by atoms with E-state index in [1.54, 1.807) is 37.7 Å². The molecule has 0 aliphatic rings. The monoisotopic (exact) mass is 1310 g/mol. The van der Waals surface area contributed by atoms with E-state index in [1.807, 2.05) is 124 Å². The van der Waals surface area contributed by atoms with Gasteiger partial charge in [0.15, 0.2) is 37.2 Å². The highest BCUT2D eigenvalue weighted by atomic mass is 14.9. The topological polar surface area (TPSA) is 23.3 Å². The van der Waals surface area contributed by atoms with Crippen LogP contribution in [0.25, 0.3) is 67.5 Å². The molecule has 6 aromatic heterocycles. The van der Waals surface area contributed by atoms with Crippen molar-refractivity contribution in [1.29, 1.82) is 0 Å². The molecule has 6 heterocycles. The van der Waals surface area contributed by atoms with Crippen molar-refractivity contribution >= 4 is 0 Å². The molecular weight excluding hydrogens is 1190 g/mol. The first-order valence-electron chi connectivity index (χ1n) is 38.7. The summed E-state index contributed by atoms with van der Waals surface area (Å²) in [5, 5.41) is 0. The van der Waals surface area contributed by atoms with Crippen LogP contribution in [0.3, 0.4) is 0 Å². The molecule has 0 saturated carbocycles. The minimum atomic E-state index is -2.36. The predicted molar refractivity (Wildman–Crippen MR) is 412 cm³/mol. The van der Waals surface area contributed by atoms with Gasteiger partial charge < -0.3 is 0 Å². The third-order valence-corrected chi connectivity index (χ3v) is 18.1. The first kappa shape index (κ1) is 63.0. The molecule has 0 saturated heterocycles. The molecule has 0 aliphatic heterocycles. The number of aromatic nitrogens is 6. The summed E-state index contributed by atoms with van der Waals surface area (Å²) in [6.07, 6.45) is 10.9. The molecule has 0 unspecified atom stereocenters. The van der Waals surface area contributed by atoms with Crippen molar-refractivity contribution in [3.05, 3.63) is 321 Å². The zero-order chi connectivity index (χ0) is 78.9. The van der Waals surface area contributed by atoms with E-state index in [0.29, 0.717) is 5.56 Å². The fraction of sp³-hybridized carbons (Fsp3) is 0.283. The van der Waals surface area contributed by atoms with Crippen LogP contribution in [0.4, 0.5) is 0 Å². The summed E-state index contributed by atoms with van der Waals surface area (Å²) < 4.78 is 82.6. The van der Waals surface area contributed by atoms with Gasteiger partial charge >= 0.3 is 0 Å². The average Bonchev–Trinajstić information content (AvgIpc) is 0.769. The molecule has 0 radical (unpaired) electrons. The van der Waals surface area contributed by atoms with Crippen molar-refractivity contribution < 1.29 is 39.7 Å². The van der Waals surface area contributed by atoms with E-state index < -0.39 is 26.0 Å². The standard InChI is InChI=1S/2C16H20N.4C15H18N/c2*1-5-14-11-17(4)16(10-13(14)3)15-9-7-6-8-12(15)2;2*1-4-13-8-9-14(12(2)11-13)15-7-5-6-10-16(15)3;2*1-4-13-9-10-16(3)15(11-13)14-8-6-5-7-12(14)2/h2*6-11H,5H2,1-4H3;4*5-11H,4H2,1-3H3/q6*+1/i3D3,5D2;;4D2;;4D2;. The predicted octanol–water partition coefficient (Wildman–Crippen LogP) is 18.9. The van der Waals surface area contributed by atoms with E-state index in [-0.39, 0.29) is 11.1 Å². The first-order valence-corrected chi connectivity index (χ1v) is 34.2. The van der Waals surface area contributed by atoms with Crippen LogP contribution in [0.1, 0.15) is 132 Å². The summed E-state index contributed by atoms with van der Waals surface area (Å²) in [7, 11) is 12.1. The molecule has 98 heavy (non-hydrogen) atoms. The molecule has 0 spiro atoms. The molecule has 504 valence electrons. The second-order valence-corrected chi connectivity index (χ2v) is 25.2.